The van der Waals surface area contributed by atoms with Crippen molar-refractivity contribution in [2.45, 2.75) is 28.8 Å². The minimum Gasteiger partial charge on any atom is -0.483 e. The fraction of sp³-hybridized carbons (Fsp3) is 0.263. The highest BCUT2D eigenvalue weighted by Gasteiger charge is 2.70. The first kappa shape index (κ1) is 32.1. The van der Waals surface area contributed by atoms with E-state index in [1.54, 1.807) is 12.1 Å². The molecule has 8 nitrogen and oxygen atoms in total. The Kier molecular flexibility index (Phi) is 7.44. The molecular formula is C38H28F3N3O5S2. The van der Waals surface area contributed by atoms with Crippen molar-refractivity contribution in [2.75, 3.05) is 16.8 Å². The number of halogens is 3. The topological polar surface area (TPSA) is 109 Å². The number of H-pyrrole nitrogens is 1. The average molecular weight is 728 g/mol. The number of carbonyl (C=O) groups excluding carboxylic acids is 3. The summed E-state index contributed by atoms with van der Waals surface area (Å²) in [5, 5.41) is 5.42. The molecule has 9 rings (SSSR count). The number of benzene rings is 4. The zero-order chi connectivity index (χ0) is 35.2. The van der Waals surface area contributed by atoms with Crippen LogP contribution in [0.15, 0.2) is 101 Å². The van der Waals surface area contributed by atoms with Crippen molar-refractivity contribution in [1.82, 2.24) is 4.98 Å². The molecule has 13 heteroatoms. The van der Waals surface area contributed by atoms with Crippen molar-refractivity contribution in [1.29, 1.82) is 0 Å². The molecular weight excluding hydrogens is 700 g/mol. The molecule has 4 aromatic carbocycles. The Bertz CT molecular complexity index is 2320. The van der Waals surface area contributed by atoms with Gasteiger partial charge in [-0.05, 0) is 65.3 Å². The number of rotatable bonds is 6. The molecule has 4 unspecified atom stereocenters. The van der Waals surface area contributed by atoms with Crippen LogP contribution in [-0.4, -0.2) is 34.6 Å². The molecule has 2 saturated carbocycles. The van der Waals surface area contributed by atoms with Crippen LogP contribution in [0.3, 0.4) is 0 Å². The third-order valence-electron chi connectivity index (χ3n) is 10.8. The Balaban J connectivity index is 1.03. The van der Waals surface area contributed by atoms with Crippen molar-refractivity contribution in [3.8, 4) is 5.75 Å². The number of aromatic nitrogens is 1. The lowest BCUT2D eigenvalue weighted by molar-refractivity contribution is -0.137. The summed E-state index contributed by atoms with van der Waals surface area (Å²) in [6.45, 7) is -0.285. The zero-order valence-corrected chi connectivity index (χ0v) is 28.2. The van der Waals surface area contributed by atoms with Gasteiger partial charge in [0, 0.05) is 27.3 Å². The Morgan fingerprint density at radius 2 is 1.59 bits per heavy atom. The van der Waals surface area contributed by atoms with E-state index in [9.17, 15) is 32.3 Å². The molecule has 5 aromatic rings. The quantitative estimate of drug-likeness (QED) is 0.178. The molecule has 1 aromatic heterocycles. The van der Waals surface area contributed by atoms with Gasteiger partial charge in [-0.2, -0.15) is 13.2 Å². The van der Waals surface area contributed by atoms with Crippen LogP contribution in [0, 0.1) is 29.6 Å². The third kappa shape index (κ3) is 5.11. The van der Waals surface area contributed by atoms with E-state index in [4.69, 9.17) is 4.74 Å². The van der Waals surface area contributed by atoms with Crippen molar-refractivity contribution < 1.29 is 32.3 Å². The first-order valence-corrected chi connectivity index (χ1v) is 18.2. The largest absolute Gasteiger partial charge is 0.483 e. The molecule has 51 heavy (non-hydrogen) atoms. The molecule has 3 amide bonds. The summed E-state index contributed by atoms with van der Waals surface area (Å²) < 4.78 is 48.3. The average Bonchev–Trinajstić information content (AvgIpc) is 3.85. The number of thiazole rings is 1. The first-order valence-electron chi connectivity index (χ1n) is 16.5. The Morgan fingerprint density at radius 3 is 2.39 bits per heavy atom. The highest BCUT2D eigenvalue weighted by molar-refractivity contribution is 8.00. The van der Waals surface area contributed by atoms with Crippen LogP contribution >= 0.6 is 23.1 Å². The van der Waals surface area contributed by atoms with E-state index in [1.165, 1.54) is 30.0 Å². The summed E-state index contributed by atoms with van der Waals surface area (Å²) in [7, 11) is 0. The molecule has 0 radical (unpaired) electrons. The van der Waals surface area contributed by atoms with E-state index in [-0.39, 0.29) is 40.4 Å². The van der Waals surface area contributed by atoms with Crippen LogP contribution in [0.25, 0.3) is 10.8 Å². The number of para-hydroxylation sites is 2. The van der Waals surface area contributed by atoms with Gasteiger partial charge in [0.1, 0.15) is 5.75 Å². The highest BCUT2D eigenvalue weighted by Crippen LogP contribution is 2.69. The summed E-state index contributed by atoms with van der Waals surface area (Å²) in [5.74, 6) is -3.90. The van der Waals surface area contributed by atoms with Crippen LogP contribution in [0.4, 0.5) is 24.5 Å². The fourth-order valence-electron chi connectivity index (χ4n) is 8.99. The van der Waals surface area contributed by atoms with Crippen molar-refractivity contribution >= 4 is 63.0 Å². The molecule has 1 saturated heterocycles. The molecule has 258 valence electrons. The van der Waals surface area contributed by atoms with Crippen LogP contribution in [-0.2, 0) is 20.6 Å². The summed E-state index contributed by atoms with van der Waals surface area (Å²) in [6, 6.07) is 25.4. The standard InChI is InChI=1S/C38H28F3N3O5S2/c39-38(40,41)24-10-4-5-11-25(24)44-35(46)30-22-16-23(31(30)36(44)47)32-29(22)28(33-34(50-32)43-37(48)51-33)21-9-3-6-12-26(21)49-17-27(45)42-20-14-13-18-7-1-2-8-19(18)15-20/h1-15,22-23,28-32H,16-17H2,(H,42,45)(H,43,48)/t22-,23-,28-,29?,30?,31?,32?/m1/s1. The minimum atomic E-state index is -4.75. The predicted octanol–water partition coefficient (Wildman–Crippen LogP) is 7.30. The number of hydrogen-bond acceptors (Lipinski definition) is 7. The van der Waals surface area contributed by atoms with E-state index in [0.717, 1.165) is 43.5 Å². The molecule has 3 heterocycles. The molecule has 2 N–H and O–H groups in total. The molecule has 3 fully saturated rings. The number of aromatic amines is 1. The monoisotopic (exact) mass is 727 g/mol. The fourth-order valence-corrected chi connectivity index (χ4v) is 11.9. The van der Waals surface area contributed by atoms with E-state index in [0.29, 0.717) is 22.9 Å². The third-order valence-corrected chi connectivity index (χ3v) is 13.4. The van der Waals surface area contributed by atoms with E-state index >= 15 is 0 Å². The van der Waals surface area contributed by atoms with Gasteiger partial charge in [-0.1, -0.05) is 72.0 Å². The second-order valence-corrected chi connectivity index (χ2v) is 15.6. The Hall–Kier alpha value is -4.88. The number of fused-ring (bicyclic) bond motifs is 10. The summed E-state index contributed by atoms with van der Waals surface area (Å²) in [4.78, 5) is 58.2. The van der Waals surface area contributed by atoms with Gasteiger partial charge in [-0.3, -0.25) is 19.2 Å². The first-order chi connectivity index (χ1) is 24.6. The van der Waals surface area contributed by atoms with Gasteiger partial charge in [-0.15, -0.1) is 11.8 Å². The van der Waals surface area contributed by atoms with Crippen LogP contribution in [0.2, 0.25) is 0 Å². The van der Waals surface area contributed by atoms with Crippen LogP contribution in [0.5, 0.6) is 5.75 Å². The van der Waals surface area contributed by atoms with Crippen molar-refractivity contribution in [2.24, 2.45) is 29.6 Å². The maximum Gasteiger partial charge on any atom is 0.418 e. The number of carbonyl (C=O) groups is 3. The lowest BCUT2D eigenvalue weighted by Crippen LogP contribution is -2.42. The van der Waals surface area contributed by atoms with Crippen LogP contribution in [0.1, 0.15) is 28.3 Å². The summed E-state index contributed by atoms with van der Waals surface area (Å²) in [5.41, 5.74) is -0.101. The minimum absolute atomic E-state index is 0.183. The zero-order valence-electron chi connectivity index (χ0n) is 26.6. The molecule has 2 aliphatic heterocycles. The molecule has 4 aliphatic rings. The van der Waals surface area contributed by atoms with Gasteiger partial charge >= 0.3 is 11.0 Å². The summed E-state index contributed by atoms with van der Waals surface area (Å²) >= 11 is 2.56. The number of imide groups is 1. The number of amides is 3. The van der Waals surface area contributed by atoms with Gasteiger partial charge in [0.25, 0.3) is 5.91 Å². The number of nitrogens with one attached hydrogen (secondary N) is 2. The molecule has 2 aliphatic carbocycles. The smallest absolute Gasteiger partial charge is 0.418 e. The van der Waals surface area contributed by atoms with Crippen molar-refractivity contribution in [3.05, 3.63) is 117 Å². The highest BCUT2D eigenvalue weighted by atomic mass is 32.2. The Morgan fingerprint density at radius 1 is 0.882 bits per heavy atom. The van der Waals surface area contributed by atoms with Gasteiger partial charge in [-0.25, -0.2) is 4.90 Å². The molecule has 0 spiro atoms. The number of hydrogen-bond donors (Lipinski definition) is 2. The predicted molar refractivity (Wildman–Crippen MR) is 187 cm³/mol. The van der Waals surface area contributed by atoms with Gasteiger partial charge < -0.3 is 15.0 Å². The number of alkyl halides is 3. The number of ether oxygens (including phenoxy) is 1. The number of nitrogens with zero attached hydrogens (tertiary/aromatic N) is 1. The summed E-state index contributed by atoms with van der Waals surface area (Å²) in [6.07, 6.45) is -4.18. The number of anilines is 2. The van der Waals surface area contributed by atoms with Gasteiger partial charge in [0.2, 0.25) is 11.8 Å². The van der Waals surface area contributed by atoms with Crippen LogP contribution < -0.4 is 19.8 Å². The maximum absolute atomic E-state index is 14.1. The van der Waals surface area contributed by atoms with Gasteiger partial charge in [0.15, 0.2) is 6.61 Å². The maximum atomic E-state index is 14.1. The molecule has 7 atom stereocenters. The lowest BCUT2D eigenvalue weighted by Gasteiger charge is -2.43. The van der Waals surface area contributed by atoms with Crippen molar-refractivity contribution in [3.63, 3.8) is 0 Å². The van der Waals surface area contributed by atoms with Gasteiger partial charge in [0.05, 0.1) is 28.1 Å². The second-order valence-electron chi connectivity index (χ2n) is 13.4. The van der Waals surface area contributed by atoms with E-state index in [2.05, 4.69) is 10.3 Å². The Labute approximate surface area is 297 Å². The van der Waals surface area contributed by atoms with E-state index in [1.807, 2.05) is 54.6 Å². The SMILES string of the molecule is O=C(COc1ccccc1[C@H]1c2sc(=O)[nH]c2SC2C1[C@H]1C[C@@H]2C2C(=O)N(c3ccccc3C(F)(F)F)C(=O)C21)Nc1ccc2ccccc2c1. The molecule has 2 bridgehead atoms. The lowest BCUT2D eigenvalue weighted by atomic mass is 9.68. The number of thioether (sulfide) groups is 1. The second kappa shape index (κ2) is 11.8. The normalized spacial score (nSPS) is 26.3. The van der Waals surface area contributed by atoms with E-state index < -0.39 is 47.0 Å².